The lowest BCUT2D eigenvalue weighted by Crippen LogP contribution is -2.24. The second-order valence-electron chi connectivity index (χ2n) is 3.70. The van der Waals surface area contributed by atoms with Gasteiger partial charge in [0.15, 0.2) is 0 Å². The van der Waals surface area contributed by atoms with Crippen LogP contribution < -0.4 is 5.73 Å². The fourth-order valence-electron chi connectivity index (χ4n) is 1.02. The topological polar surface area (TPSA) is 26.0 Å². The first kappa shape index (κ1) is 13.5. The van der Waals surface area contributed by atoms with Crippen molar-refractivity contribution in [2.24, 2.45) is 11.1 Å². The Kier molecular flexibility index (Phi) is 8.20. The van der Waals surface area contributed by atoms with Gasteiger partial charge in [0.2, 0.25) is 0 Å². The predicted molar refractivity (Wildman–Crippen MR) is 53.7 cm³/mol. The van der Waals surface area contributed by atoms with Crippen LogP contribution in [0.1, 0.15) is 54.4 Å². The lowest BCUT2D eigenvalue weighted by molar-refractivity contribution is 0.300. The van der Waals surface area contributed by atoms with Crippen LogP contribution in [0.15, 0.2) is 0 Å². The number of nitrogens with two attached hydrogens (primary N) is 1. The summed E-state index contributed by atoms with van der Waals surface area (Å²) in [5, 5.41) is 0. The minimum absolute atomic E-state index is 0.347. The molecule has 0 aromatic carbocycles. The highest BCUT2D eigenvalue weighted by Crippen LogP contribution is 2.24. The number of rotatable bonds is 3. The smallest absolute Gasteiger partial charge is 0.00155 e. The normalized spacial score (nSPS) is 13.4. The zero-order chi connectivity index (χ0) is 9.49. The monoisotopic (exact) mass is 159 g/mol. The molecule has 70 valence electrons. The van der Waals surface area contributed by atoms with Crippen LogP contribution in [0.25, 0.3) is 0 Å². The number of hydrogen-bond acceptors (Lipinski definition) is 1. The summed E-state index contributed by atoms with van der Waals surface area (Å²) >= 11 is 0. The molecule has 0 fully saturated rings. The summed E-state index contributed by atoms with van der Waals surface area (Å²) in [4.78, 5) is 0. The molecule has 0 bridgehead atoms. The Bertz CT molecular complexity index is 74.9. The molecule has 1 heteroatoms. The van der Waals surface area contributed by atoms with Crippen molar-refractivity contribution < 1.29 is 0 Å². The van der Waals surface area contributed by atoms with Crippen LogP contribution in [0.4, 0.5) is 0 Å². The molecule has 1 atom stereocenters. The summed E-state index contributed by atoms with van der Waals surface area (Å²) in [6, 6.07) is 0.347. The molecule has 11 heavy (non-hydrogen) atoms. The average Bonchev–Trinajstić information content (AvgIpc) is 1.90. The van der Waals surface area contributed by atoms with E-state index < -0.39 is 0 Å². The molecule has 0 aliphatic rings. The van der Waals surface area contributed by atoms with Crippen molar-refractivity contribution in [2.45, 2.75) is 60.4 Å². The maximum atomic E-state index is 5.65. The maximum absolute atomic E-state index is 5.65. The molecule has 0 heterocycles. The molecule has 0 radical (unpaired) electrons. The minimum Gasteiger partial charge on any atom is -0.328 e. The second-order valence-corrected chi connectivity index (χ2v) is 3.70. The van der Waals surface area contributed by atoms with E-state index in [1.165, 1.54) is 6.42 Å². The van der Waals surface area contributed by atoms with Crippen molar-refractivity contribution in [2.75, 3.05) is 0 Å². The fourth-order valence-corrected chi connectivity index (χ4v) is 1.02. The Balaban J connectivity index is 0. The van der Waals surface area contributed by atoms with E-state index in [1.54, 1.807) is 0 Å². The van der Waals surface area contributed by atoms with Gasteiger partial charge in [-0.05, 0) is 18.8 Å². The van der Waals surface area contributed by atoms with E-state index in [4.69, 9.17) is 5.73 Å². The van der Waals surface area contributed by atoms with E-state index in [2.05, 4.69) is 27.7 Å². The molecule has 0 spiro atoms. The fraction of sp³-hybridized carbons (Fsp3) is 1.00. The second kappa shape index (κ2) is 6.66. The lowest BCUT2D eigenvalue weighted by atomic mass is 9.84. The van der Waals surface area contributed by atoms with Gasteiger partial charge in [0.1, 0.15) is 0 Å². The molecule has 0 saturated heterocycles. The molecule has 0 rings (SSSR count). The summed E-state index contributed by atoms with van der Waals surface area (Å²) in [7, 11) is 0. The van der Waals surface area contributed by atoms with Gasteiger partial charge in [-0.25, -0.2) is 0 Å². The van der Waals surface area contributed by atoms with Gasteiger partial charge >= 0.3 is 0 Å². The van der Waals surface area contributed by atoms with Gasteiger partial charge in [-0.3, -0.25) is 0 Å². The Labute approximate surface area is 72.4 Å². The number of hydrogen-bond donors (Lipinski definition) is 1. The highest BCUT2D eigenvalue weighted by atomic mass is 14.6. The highest BCUT2D eigenvalue weighted by Gasteiger charge is 2.16. The third kappa shape index (κ3) is 9.96. The molecular weight excluding hydrogens is 134 g/mol. The van der Waals surface area contributed by atoms with Crippen LogP contribution in [0.3, 0.4) is 0 Å². The van der Waals surface area contributed by atoms with E-state index in [1.807, 2.05) is 13.8 Å². The summed E-state index contributed by atoms with van der Waals surface area (Å²) in [6.07, 6.45) is 2.35. The van der Waals surface area contributed by atoms with Crippen LogP contribution in [-0.2, 0) is 0 Å². The van der Waals surface area contributed by atoms with E-state index >= 15 is 0 Å². The van der Waals surface area contributed by atoms with Crippen molar-refractivity contribution in [1.29, 1.82) is 0 Å². The Morgan fingerprint density at radius 1 is 1.27 bits per heavy atom. The molecule has 0 aromatic rings. The van der Waals surface area contributed by atoms with Crippen LogP contribution in [0.5, 0.6) is 0 Å². The van der Waals surface area contributed by atoms with Gasteiger partial charge in [-0.2, -0.15) is 0 Å². The first-order valence-electron chi connectivity index (χ1n) is 4.73. The molecule has 0 amide bonds. The predicted octanol–water partition coefficient (Wildman–Crippen LogP) is 3.19. The largest absolute Gasteiger partial charge is 0.328 e. The first-order valence-corrected chi connectivity index (χ1v) is 4.73. The molecule has 0 aliphatic heterocycles. The summed E-state index contributed by atoms with van der Waals surface area (Å²) in [5.41, 5.74) is 6.09. The SMILES string of the molecule is CC.CCC(C)(C)CC(C)N. The Morgan fingerprint density at radius 3 is 1.73 bits per heavy atom. The van der Waals surface area contributed by atoms with E-state index in [9.17, 15) is 0 Å². The lowest BCUT2D eigenvalue weighted by Gasteiger charge is -2.24. The summed E-state index contributed by atoms with van der Waals surface area (Å²) in [5.74, 6) is 0. The van der Waals surface area contributed by atoms with Crippen molar-refractivity contribution in [3.8, 4) is 0 Å². The molecular formula is C10H25N. The van der Waals surface area contributed by atoms with Gasteiger partial charge in [-0.1, -0.05) is 41.0 Å². The van der Waals surface area contributed by atoms with Crippen molar-refractivity contribution in [3.05, 3.63) is 0 Å². The van der Waals surface area contributed by atoms with Gasteiger partial charge in [-0.15, -0.1) is 0 Å². The standard InChI is InChI=1S/C8H19N.C2H6/c1-5-8(3,4)6-7(2)9;1-2/h7H,5-6,9H2,1-4H3;1-2H3. The van der Waals surface area contributed by atoms with Gasteiger partial charge in [0, 0.05) is 6.04 Å². The van der Waals surface area contributed by atoms with Crippen molar-refractivity contribution >= 4 is 0 Å². The molecule has 0 saturated carbocycles. The van der Waals surface area contributed by atoms with Crippen molar-refractivity contribution in [3.63, 3.8) is 0 Å². The van der Waals surface area contributed by atoms with E-state index in [0.29, 0.717) is 11.5 Å². The zero-order valence-electron chi connectivity index (χ0n) is 9.07. The molecule has 1 nitrogen and oxygen atoms in total. The molecule has 0 aliphatic carbocycles. The van der Waals surface area contributed by atoms with E-state index in [-0.39, 0.29) is 0 Å². The summed E-state index contributed by atoms with van der Waals surface area (Å²) < 4.78 is 0. The summed E-state index contributed by atoms with van der Waals surface area (Å²) in [6.45, 7) is 12.8. The molecule has 0 aromatic heterocycles. The molecule has 1 unspecified atom stereocenters. The van der Waals surface area contributed by atoms with Crippen molar-refractivity contribution in [1.82, 2.24) is 0 Å². The Morgan fingerprint density at radius 2 is 1.64 bits per heavy atom. The molecule has 2 N–H and O–H groups in total. The van der Waals surface area contributed by atoms with Crippen LogP contribution in [0.2, 0.25) is 0 Å². The highest BCUT2D eigenvalue weighted by molar-refractivity contribution is 4.70. The Hall–Kier alpha value is -0.0400. The maximum Gasteiger partial charge on any atom is 0.00155 e. The van der Waals surface area contributed by atoms with Crippen LogP contribution in [-0.4, -0.2) is 6.04 Å². The zero-order valence-corrected chi connectivity index (χ0v) is 9.07. The van der Waals surface area contributed by atoms with Gasteiger partial charge in [0.05, 0.1) is 0 Å². The average molecular weight is 159 g/mol. The van der Waals surface area contributed by atoms with Crippen LogP contribution >= 0.6 is 0 Å². The van der Waals surface area contributed by atoms with Gasteiger partial charge in [0.25, 0.3) is 0 Å². The third-order valence-corrected chi connectivity index (χ3v) is 1.83. The van der Waals surface area contributed by atoms with Crippen LogP contribution in [0, 0.1) is 5.41 Å². The van der Waals surface area contributed by atoms with E-state index in [0.717, 1.165) is 6.42 Å². The third-order valence-electron chi connectivity index (χ3n) is 1.83. The first-order chi connectivity index (χ1) is 4.98. The van der Waals surface area contributed by atoms with Gasteiger partial charge < -0.3 is 5.73 Å². The minimum atomic E-state index is 0.347. The quantitative estimate of drug-likeness (QED) is 0.672.